The maximum atomic E-state index is 11.0. The normalized spacial score (nSPS) is 15.3. The Bertz CT molecular complexity index is 362. The second-order valence-electron chi connectivity index (χ2n) is 7.65. The van der Waals surface area contributed by atoms with Crippen LogP contribution >= 0.6 is 0 Å². The van der Waals surface area contributed by atoms with Crippen LogP contribution in [0.1, 0.15) is 110 Å². The number of aliphatic hydroxyl groups is 1. The van der Waals surface area contributed by atoms with E-state index in [0.717, 1.165) is 18.4 Å². The van der Waals surface area contributed by atoms with Gasteiger partial charge in [-0.3, -0.25) is 0 Å². The van der Waals surface area contributed by atoms with E-state index in [1.807, 2.05) is 0 Å². The number of rotatable bonds is 17. The third kappa shape index (κ3) is 13.1. The van der Waals surface area contributed by atoms with Crippen molar-refractivity contribution < 1.29 is 14.6 Å². The minimum Gasteiger partial charge on any atom is -0.458 e. The first-order valence-electron chi connectivity index (χ1n) is 10.8. The molecule has 0 amide bonds. The van der Waals surface area contributed by atoms with E-state index in [1.165, 1.54) is 89.5 Å². The molecule has 0 aromatic carbocycles. The van der Waals surface area contributed by atoms with Crippen molar-refractivity contribution in [3.8, 4) is 0 Å². The molecular formula is C22H40O3. The molecule has 3 heteroatoms. The Morgan fingerprint density at radius 2 is 1.36 bits per heavy atom. The molecule has 0 saturated heterocycles. The summed E-state index contributed by atoms with van der Waals surface area (Å²) in [5, 5.41) is 9.98. The van der Waals surface area contributed by atoms with Gasteiger partial charge in [-0.05, 0) is 18.4 Å². The molecule has 0 spiro atoms. The molecule has 1 unspecified atom stereocenters. The van der Waals surface area contributed by atoms with Crippen LogP contribution in [0.2, 0.25) is 0 Å². The minimum absolute atomic E-state index is 0.265. The van der Waals surface area contributed by atoms with Crippen molar-refractivity contribution in [1.29, 1.82) is 0 Å². The summed E-state index contributed by atoms with van der Waals surface area (Å²) in [6.07, 6.45) is 21.6. The Labute approximate surface area is 155 Å². The maximum absolute atomic E-state index is 11.0. The van der Waals surface area contributed by atoms with Crippen molar-refractivity contribution >= 4 is 5.97 Å². The largest absolute Gasteiger partial charge is 0.458 e. The Balaban J connectivity index is 1.77. The van der Waals surface area contributed by atoms with Crippen molar-refractivity contribution in [2.24, 2.45) is 0 Å². The summed E-state index contributed by atoms with van der Waals surface area (Å²) in [5.74, 6) is -0.265. The van der Waals surface area contributed by atoms with Gasteiger partial charge in [-0.25, -0.2) is 4.79 Å². The number of cyclic esters (lactones) is 1. The summed E-state index contributed by atoms with van der Waals surface area (Å²) in [7, 11) is 0. The molecule has 0 radical (unpaired) electrons. The van der Waals surface area contributed by atoms with Crippen molar-refractivity contribution in [3.05, 3.63) is 11.6 Å². The van der Waals surface area contributed by atoms with Crippen LogP contribution in [0.4, 0.5) is 0 Å². The molecule has 0 aromatic heterocycles. The zero-order valence-corrected chi connectivity index (χ0v) is 16.4. The third-order valence-electron chi connectivity index (χ3n) is 5.11. The van der Waals surface area contributed by atoms with Crippen LogP contribution in [-0.4, -0.2) is 23.8 Å². The van der Waals surface area contributed by atoms with Crippen LogP contribution in [0, 0.1) is 0 Å². The summed E-state index contributed by atoms with van der Waals surface area (Å²) in [4.78, 5) is 11.0. The van der Waals surface area contributed by atoms with Gasteiger partial charge in [0.2, 0.25) is 0 Å². The Hall–Kier alpha value is -0.830. The minimum atomic E-state index is -0.321. The Kier molecular flexibility index (Phi) is 13.7. The number of hydrogen-bond acceptors (Lipinski definition) is 3. The van der Waals surface area contributed by atoms with Gasteiger partial charge in [-0.1, -0.05) is 96.8 Å². The van der Waals surface area contributed by atoms with Gasteiger partial charge in [-0.2, -0.15) is 0 Å². The van der Waals surface area contributed by atoms with E-state index in [1.54, 1.807) is 0 Å². The van der Waals surface area contributed by atoms with E-state index in [4.69, 9.17) is 4.74 Å². The van der Waals surface area contributed by atoms with E-state index in [9.17, 15) is 9.90 Å². The van der Waals surface area contributed by atoms with Gasteiger partial charge in [0, 0.05) is 6.08 Å². The molecule has 3 nitrogen and oxygen atoms in total. The van der Waals surface area contributed by atoms with Crippen molar-refractivity contribution in [2.45, 2.75) is 116 Å². The van der Waals surface area contributed by atoms with Gasteiger partial charge in [0.15, 0.2) is 0 Å². The van der Waals surface area contributed by atoms with Crippen molar-refractivity contribution in [1.82, 2.24) is 0 Å². The van der Waals surface area contributed by atoms with Crippen LogP contribution < -0.4 is 0 Å². The van der Waals surface area contributed by atoms with Crippen LogP contribution in [0.3, 0.4) is 0 Å². The number of hydrogen-bond donors (Lipinski definition) is 1. The second kappa shape index (κ2) is 15.4. The highest BCUT2D eigenvalue weighted by molar-refractivity contribution is 5.85. The van der Waals surface area contributed by atoms with Crippen LogP contribution in [-0.2, 0) is 9.53 Å². The predicted molar refractivity (Wildman–Crippen MR) is 105 cm³/mol. The van der Waals surface area contributed by atoms with E-state index in [2.05, 4.69) is 6.92 Å². The molecule has 0 aliphatic carbocycles. The van der Waals surface area contributed by atoms with Gasteiger partial charge in [-0.15, -0.1) is 0 Å². The lowest BCUT2D eigenvalue weighted by Crippen LogP contribution is -2.08. The molecule has 1 rings (SSSR count). The van der Waals surface area contributed by atoms with E-state index in [-0.39, 0.29) is 12.1 Å². The van der Waals surface area contributed by atoms with Gasteiger partial charge in [0.25, 0.3) is 0 Å². The topological polar surface area (TPSA) is 46.5 Å². The average molecular weight is 353 g/mol. The van der Waals surface area contributed by atoms with Gasteiger partial charge < -0.3 is 9.84 Å². The zero-order chi connectivity index (χ0) is 18.2. The summed E-state index contributed by atoms with van der Waals surface area (Å²) in [6, 6.07) is 0. The molecule has 1 aliphatic rings. The number of ether oxygens (including phenoxy) is 1. The van der Waals surface area contributed by atoms with Gasteiger partial charge >= 0.3 is 5.97 Å². The Morgan fingerprint density at radius 1 is 0.880 bits per heavy atom. The van der Waals surface area contributed by atoms with Crippen LogP contribution in [0.5, 0.6) is 0 Å². The van der Waals surface area contributed by atoms with Crippen molar-refractivity contribution in [2.75, 3.05) is 6.61 Å². The zero-order valence-electron chi connectivity index (χ0n) is 16.4. The number of aliphatic hydroxyl groups excluding tert-OH is 1. The molecule has 25 heavy (non-hydrogen) atoms. The molecule has 1 N–H and O–H groups in total. The molecule has 0 saturated carbocycles. The lowest BCUT2D eigenvalue weighted by atomic mass is 10.0. The van der Waals surface area contributed by atoms with E-state index in [0.29, 0.717) is 13.0 Å². The summed E-state index contributed by atoms with van der Waals surface area (Å²) in [5.41, 5.74) is 0.933. The lowest BCUT2D eigenvalue weighted by Gasteiger charge is -2.10. The van der Waals surface area contributed by atoms with E-state index < -0.39 is 0 Å². The molecule has 146 valence electrons. The second-order valence-corrected chi connectivity index (χ2v) is 7.65. The summed E-state index contributed by atoms with van der Waals surface area (Å²) < 4.78 is 4.85. The summed E-state index contributed by atoms with van der Waals surface area (Å²) in [6.45, 7) is 2.64. The lowest BCUT2D eigenvalue weighted by molar-refractivity contribution is -0.134. The molecule has 1 atom stereocenters. The first-order chi connectivity index (χ1) is 12.2. The van der Waals surface area contributed by atoms with Gasteiger partial charge in [0.1, 0.15) is 6.61 Å². The molecule has 0 fully saturated rings. The van der Waals surface area contributed by atoms with E-state index >= 15 is 0 Å². The van der Waals surface area contributed by atoms with Crippen LogP contribution in [0.15, 0.2) is 11.6 Å². The quantitative estimate of drug-likeness (QED) is 0.254. The van der Waals surface area contributed by atoms with Crippen molar-refractivity contribution in [3.63, 3.8) is 0 Å². The highest BCUT2D eigenvalue weighted by atomic mass is 16.5. The third-order valence-corrected chi connectivity index (χ3v) is 5.11. The average Bonchev–Trinajstić information content (AvgIpc) is 3.00. The SMILES string of the molecule is CCCCCCCCCCCCCCCCC(O)CC1=CC(=O)OC1. The fraction of sp³-hybridized carbons (Fsp3) is 0.864. The van der Waals surface area contributed by atoms with Crippen LogP contribution in [0.25, 0.3) is 0 Å². The first kappa shape index (κ1) is 22.2. The standard InChI is InChI=1S/C22H40O3/c1-2-3-4-5-6-7-8-9-10-11-12-13-14-15-16-21(23)17-20-18-22(24)25-19-20/h18,21,23H,2-17,19H2,1H3. The fourth-order valence-corrected chi connectivity index (χ4v) is 3.51. The van der Waals surface area contributed by atoms with Gasteiger partial charge in [0.05, 0.1) is 6.10 Å². The molecule has 0 aromatic rings. The number of esters is 1. The predicted octanol–water partition coefficient (Wildman–Crippen LogP) is 6.09. The number of unbranched alkanes of at least 4 members (excludes halogenated alkanes) is 13. The Morgan fingerprint density at radius 3 is 1.80 bits per heavy atom. The molecule has 0 bridgehead atoms. The first-order valence-corrected chi connectivity index (χ1v) is 10.8. The molecular weight excluding hydrogens is 312 g/mol. The number of carbonyl (C=O) groups is 1. The number of carbonyl (C=O) groups excluding carboxylic acids is 1. The smallest absolute Gasteiger partial charge is 0.331 e. The summed E-state index contributed by atoms with van der Waals surface area (Å²) >= 11 is 0. The highest BCUT2D eigenvalue weighted by Crippen LogP contribution is 2.17. The molecule has 1 heterocycles. The fourth-order valence-electron chi connectivity index (χ4n) is 3.51. The monoisotopic (exact) mass is 352 g/mol. The maximum Gasteiger partial charge on any atom is 0.331 e. The highest BCUT2D eigenvalue weighted by Gasteiger charge is 2.15. The molecule has 1 aliphatic heterocycles.